The molecule has 9 heteroatoms. The van der Waals surface area contributed by atoms with Gasteiger partial charge in [0, 0.05) is 0 Å². The Morgan fingerprint density at radius 3 is 1.55 bits per heavy atom. The Balaban J connectivity index is 4.25. The second kappa shape index (κ2) is 3.64. The van der Waals surface area contributed by atoms with Crippen LogP contribution in [-0.2, 0) is 10.2 Å². The largest absolute Gasteiger partial charge is 0.375 e. The number of thiocarbonyl (C=S) groups is 2. The minimum Gasteiger partial charge on any atom is -0.375 e. The smallest absolute Gasteiger partial charge is 0.325 e. The van der Waals surface area contributed by atoms with Crippen LogP contribution in [0, 0.1) is 0 Å². The molecule has 6 nitrogen and oxygen atoms in total. The molecule has 0 fully saturated rings. The van der Waals surface area contributed by atoms with Gasteiger partial charge in [0.1, 0.15) is 0 Å². The van der Waals surface area contributed by atoms with Crippen LogP contribution in [0.25, 0.3) is 0 Å². The normalized spacial score (nSPS) is 10.2. The summed E-state index contributed by atoms with van der Waals surface area (Å²) in [4.78, 5) is 0. The van der Waals surface area contributed by atoms with Gasteiger partial charge >= 0.3 is 10.2 Å². The average Bonchev–Trinajstić information content (AvgIpc) is 1.53. The highest BCUT2D eigenvalue weighted by atomic mass is 32.2. The lowest BCUT2D eigenvalue weighted by Crippen LogP contribution is -2.46. The maximum Gasteiger partial charge on any atom is 0.325 e. The van der Waals surface area contributed by atoms with Gasteiger partial charge in [0.05, 0.1) is 0 Å². The molecule has 6 N–H and O–H groups in total. The fourth-order valence-electron chi connectivity index (χ4n) is 0.290. The Hall–Kier alpha value is -0.670. The molecule has 64 valence electrons. The molecule has 0 saturated carbocycles. The van der Waals surface area contributed by atoms with Crippen LogP contribution in [0.3, 0.4) is 0 Å². The summed E-state index contributed by atoms with van der Waals surface area (Å²) in [6.07, 6.45) is 0. The van der Waals surface area contributed by atoms with Gasteiger partial charge in [-0.2, -0.15) is 8.42 Å². The van der Waals surface area contributed by atoms with Crippen molar-refractivity contribution in [2.24, 2.45) is 11.5 Å². The number of hydrogen-bond acceptors (Lipinski definition) is 4. The Morgan fingerprint density at radius 1 is 1.09 bits per heavy atom. The van der Waals surface area contributed by atoms with E-state index < -0.39 is 10.2 Å². The lowest BCUT2D eigenvalue weighted by molar-refractivity contribution is 0.589. The molecule has 0 spiro atoms. The minimum atomic E-state index is -3.81. The SMILES string of the molecule is NC(=S)NS(=O)(=O)NC(N)=S. The van der Waals surface area contributed by atoms with Crippen LogP contribution in [0.5, 0.6) is 0 Å². The zero-order valence-electron chi connectivity index (χ0n) is 5.20. The van der Waals surface area contributed by atoms with E-state index in [1.165, 1.54) is 0 Å². The van der Waals surface area contributed by atoms with Gasteiger partial charge in [-0.3, -0.25) is 0 Å². The monoisotopic (exact) mass is 214 g/mol. The molecule has 0 radical (unpaired) electrons. The summed E-state index contributed by atoms with van der Waals surface area (Å²) in [5.74, 6) is 0. The lowest BCUT2D eigenvalue weighted by atomic mass is 11.2. The van der Waals surface area contributed by atoms with E-state index in [1.54, 1.807) is 9.44 Å². The summed E-state index contributed by atoms with van der Waals surface area (Å²) in [6, 6.07) is 0. The molecule has 0 bridgehead atoms. The maximum atomic E-state index is 10.7. The Labute approximate surface area is 74.5 Å². The van der Waals surface area contributed by atoms with E-state index in [0.717, 1.165) is 0 Å². The summed E-state index contributed by atoms with van der Waals surface area (Å²) >= 11 is 8.52. The van der Waals surface area contributed by atoms with Crippen molar-refractivity contribution in [3.8, 4) is 0 Å². The molecule has 0 aliphatic rings. The van der Waals surface area contributed by atoms with E-state index in [2.05, 4.69) is 24.4 Å². The predicted octanol–water partition coefficient (Wildman–Crippen LogP) is -2.10. The Kier molecular flexibility index (Phi) is 3.42. The van der Waals surface area contributed by atoms with Gasteiger partial charge in [-0.1, -0.05) is 0 Å². The van der Waals surface area contributed by atoms with Crippen LogP contribution >= 0.6 is 24.4 Å². The lowest BCUT2D eigenvalue weighted by Gasteiger charge is -2.05. The van der Waals surface area contributed by atoms with Crippen molar-refractivity contribution in [2.75, 3.05) is 0 Å². The summed E-state index contributed by atoms with van der Waals surface area (Å²) in [7, 11) is -3.81. The molecule has 0 heterocycles. The van der Waals surface area contributed by atoms with E-state index in [1.807, 2.05) is 0 Å². The van der Waals surface area contributed by atoms with Gasteiger partial charge < -0.3 is 11.5 Å². The number of hydrogen-bond donors (Lipinski definition) is 4. The number of rotatable bonds is 2. The van der Waals surface area contributed by atoms with Gasteiger partial charge in [0.25, 0.3) is 0 Å². The van der Waals surface area contributed by atoms with Crippen LogP contribution in [0.15, 0.2) is 0 Å². The minimum absolute atomic E-state index is 0.381. The highest BCUT2D eigenvalue weighted by Crippen LogP contribution is 1.74. The molecule has 0 aromatic carbocycles. The second-order valence-corrected chi connectivity index (χ2v) is 3.73. The van der Waals surface area contributed by atoms with E-state index >= 15 is 0 Å². The molecule has 0 atom stereocenters. The molecule has 0 aromatic rings. The first-order valence-corrected chi connectivity index (χ1v) is 4.53. The highest BCUT2D eigenvalue weighted by molar-refractivity contribution is 7.92. The van der Waals surface area contributed by atoms with Crippen molar-refractivity contribution in [3.05, 3.63) is 0 Å². The number of nitrogens with one attached hydrogen (secondary N) is 2. The van der Waals surface area contributed by atoms with Gasteiger partial charge in [-0.25, -0.2) is 9.44 Å². The molecule has 0 aromatic heterocycles. The number of nitrogens with two attached hydrogens (primary N) is 2. The van der Waals surface area contributed by atoms with Gasteiger partial charge in [0.2, 0.25) is 0 Å². The van der Waals surface area contributed by atoms with Gasteiger partial charge in [-0.15, -0.1) is 0 Å². The first-order valence-electron chi connectivity index (χ1n) is 2.23. The molecule has 0 amide bonds. The van der Waals surface area contributed by atoms with Crippen molar-refractivity contribution >= 4 is 44.9 Å². The zero-order valence-corrected chi connectivity index (χ0v) is 7.65. The van der Waals surface area contributed by atoms with Crippen molar-refractivity contribution in [3.63, 3.8) is 0 Å². The molecule has 0 rings (SSSR count). The van der Waals surface area contributed by atoms with Crippen LogP contribution in [-0.4, -0.2) is 18.6 Å². The first-order chi connectivity index (χ1) is 4.83. The van der Waals surface area contributed by atoms with Crippen molar-refractivity contribution < 1.29 is 8.42 Å². The van der Waals surface area contributed by atoms with Crippen LogP contribution in [0.1, 0.15) is 0 Å². The third-order valence-corrected chi connectivity index (χ3v) is 1.91. The second-order valence-electron chi connectivity index (χ2n) is 1.44. The van der Waals surface area contributed by atoms with Crippen molar-refractivity contribution in [1.82, 2.24) is 9.44 Å². The average molecular weight is 214 g/mol. The van der Waals surface area contributed by atoms with Crippen LogP contribution in [0.4, 0.5) is 0 Å². The summed E-state index contributed by atoms with van der Waals surface area (Å²) in [5, 5.41) is -0.762. The van der Waals surface area contributed by atoms with Gasteiger partial charge in [0.15, 0.2) is 10.2 Å². The summed E-state index contributed by atoms with van der Waals surface area (Å²) in [6.45, 7) is 0. The summed E-state index contributed by atoms with van der Waals surface area (Å²) < 4.78 is 24.9. The summed E-state index contributed by atoms with van der Waals surface area (Å²) in [5.41, 5.74) is 9.74. The Morgan fingerprint density at radius 2 is 1.36 bits per heavy atom. The molecule has 0 unspecified atom stereocenters. The van der Waals surface area contributed by atoms with E-state index in [-0.39, 0.29) is 10.2 Å². The molecular formula is C2H6N4O2S3. The van der Waals surface area contributed by atoms with Crippen LogP contribution < -0.4 is 20.9 Å². The molecule has 0 aliphatic heterocycles. The zero-order chi connectivity index (χ0) is 9.07. The van der Waals surface area contributed by atoms with Crippen molar-refractivity contribution in [2.45, 2.75) is 0 Å². The first kappa shape index (κ1) is 10.3. The topological polar surface area (TPSA) is 110 Å². The highest BCUT2D eigenvalue weighted by Gasteiger charge is 2.08. The van der Waals surface area contributed by atoms with E-state index in [0.29, 0.717) is 0 Å². The Bertz CT molecular complexity index is 247. The molecule has 11 heavy (non-hydrogen) atoms. The maximum absolute atomic E-state index is 10.7. The molecule has 0 aliphatic carbocycles. The molecule has 0 saturated heterocycles. The molecular weight excluding hydrogens is 208 g/mol. The standard InChI is InChI=1S/C2H6N4O2S3/c3-1(9)5-11(7,8)6-2(4)10/h(H3,3,5,9)(H3,4,6,10). The third kappa shape index (κ3) is 5.76. The van der Waals surface area contributed by atoms with Gasteiger partial charge in [-0.05, 0) is 24.4 Å². The fraction of sp³-hybridized carbons (Fsp3) is 0. The van der Waals surface area contributed by atoms with Crippen LogP contribution in [0.2, 0.25) is 0 Å². The van der Waals surface area contributed by atoms with E-state index in [9.17, 15) is 8.42 Å². The predicted molar refractivity (Wildman–Crippen MR) is 48.8 cm³/mol. The quantitative estimate of drug-likeness (QED) is 0.392. The fourth-order valence-corrected chi connectivity index (χ4v) is 1.53. The van der Waals surface area contributed by atoms with E-state index in [4.69, 9.17) is 11.5 Å². The third-order valence-electron chi connectivity index (χ3n) is 0.470. The van der Waals surface area contributed by atoms with Crippen molar-refractivity contribution in [1.29, 1.82) is 0 Å².